The van der Waals surface area contributed by atoms with Gasteiger partial charge in [0, 0.05) is 0 Å². The molecule has 0 spiro atoms. The van der Waals surface area contributed by atoms with E-state index in [2.05, 4.69) is 10.3 Å². The lowest BCUT2D eigenvalue weighted by Gasteiger charge is -2.30. The fourth-order valence-electron chi connectivity index (χ4n) is 2.13. The van der Waals surface area contributed by atoms with E-state index in [4.69, 9.17) is 0 Å². The first-order valence-corrected chi connectivity index (χ1v) is 8.77. The second-order valence-corrected chi connectivity index (χ2v) is 7.28. The maximum Gasteiger partial charge on any atom is 0.253 e. The molecule has 0 aliphatic heterocycles. The monoisotopic (exact) mass is 318 g/mol. The molecule has 0 heterocycles. The molecule has 1 atom stereocenters. The van der Waals surface area contributed by atoms with Crippen LogP contribution in [-0.2, 0) is 15.6 Å². The Balaban J connectivity index is 2.18. The van der Waals surface area contributed by atoms with Crippen molar-refractivity contribution in [3.63, 3.8) is 0 Å². The van der Waals surface area contributed by atoms with Gasteiger partial charge >= 0.3 is 0 Å². The Morgan fingerprint density at radius 1 is 1.00 bits per heavy atom. The number of nitrogens with one attached hydrogen (secondary N) is 2. The molecule has 0 aromatic heterocycles. The predicted molar refractivity (Wildman–Crippen MR) is 88.7 cm³/mol. The molecular formula is C17H22N2O2S. The summed E-state index contributed by atoms with van der Waals surface area (Å²) >= 11 is 0. The molecule has 0 amide bonds. The second kappa shape index (κ2) is 6.60. The molecule has 0 radical (unpaired) electrons. The highest BCUT2D eigenvalue weighted by molar-refractivity contribution is 7.89. The van der Waals surface area contributed by atoms with Crippen molar-refractivity contribution in [1.29, 1.82) is 0 Å². The molecule has 22 heavy (non-hydrogen) atoms. The van der Waals surface area contributed by atoms with Crippen molar-refractivity contribution in [1.82, 2.24) is 10.3 Å². The number of rotatable bonds is 6. The van der Waals surface area contributed by atoms with Crippen molar-refractivity contribution >= 4 is 10.0 Å². The van der Waals surface area contributed by atoms with E-state index in [1.165, 1.54) is 0 Å². The highest BCUT2D eigenvalue weighted by Crippen LogP contribution is 2.23. The summed E-state index contributed by atoms with van der Waals surface area (Å²) in [5, 5.41) is 0. The Bertz CT molecular complexity index is 712. The van der Waals surface area contributed by atoms with Gasteiger partial charge in [0.05, 0.1) is 10.4 Å². The first-order valence-electron chi connectivity index (χ1n) is 7.28. The summed E-state index contributed by atoms with van der Waals surface area (Å²) in [6.07, 6.45) is 0.743. The van der Waals surface area contributed by atoms with Crippen LogP contribution >= 0.6 is 0 Å². The predicted octanol–water partition coefficient (Wildman–Crippen LogP) is 3.10. The summed E-state index contributed by atoms with van der Waals surface area (Å²) < 4.78 is 24.7. The molecule has 0 aliphatic carbocycles. The summed E-state index contributed by atoms with van der Waals surface area (Å²) in [6, 6.07) is 16.6. The van der Waals surface area contributed by atoms with E-state index in [1.54, 1.807) is 24.3 Å². The molecule has 0 aliphatic rings. The van der Waals surface area contributed by atoms with Gasteiger partial charge in [0.1, 0.15) is 0 Å². The van der Waals surface area contributed by atoms with Gasteiger partial charge in [-0.2, -0.15) is 0 Å². The van der Waals surface area contributed by atoms with Crippen molar-refractivity contribution in [3.05, 3.63) is 65.7 Å². The third kappa shape index (κ3) is 3.74. The molecule has 0 bridgehead atoms. The van der Waals surface area contributed by atoms with Crippen LogP contribution in [0, 0.1) is 6.92 Å². The van der Waals surface area contributed by atoms with Crippen LogP contribution in [0.1, 0.15) is 31.4 Å². The molecule has 4 nitrogen and oxygen atoms in total. The van der Waals surface area contributed by atoms with Crippen LogP contribution in [0.4, 0.5) is 0 Å². The van der Waals surface area contributed by atoms with Crippen LogP contribution in [0.2, 0.25) is 0 Å². The molecule has 118 valence electrons. The maximum atomic E-state index is 12.4. The van der Waals surface area contributed by atoms with Crippen molar-refractivity contribution in [2.45, 2.75) is 37.6 Å². The molecule has 2 aromatic rings. The van der Waals surface area contributed by atoms with Crippen LogP contribution < -0.4 is 10.3 Å². The van der Waals surface area contributed by atoms with Gasteiger partial charge in [0.15, 0.2) is 0 Å². The number of aryl methyl sites for hydroxylation is 1. The van der Waals surface area contributed by atoms with E-state index in [-0.39, 0.29) is 4.90 Å². The lowest BCUT2D eigenvalue weighted by Crippen LogP contribution is -2.50. The first kappa shape index (κ1) is 16.7. The minimum atomic E-state index is -3.59. The van der Waals surface area contributed by atoms with Gasteiger partial charge in [-0.05, 0) is 38.0 Å². The van der Waals surface area contributed by atoms with E-state index >= 15 is 0 Å². The van der Waals surface area contributed by atoms with E-state index in [9.17, 15) is 8.42 Å². The van der Waals surface area contributed by atoms with Gasteiger partial charge < -0.3 is 0 Å². The van der Waals surface area contributed by atoms with Crippen LogP contribution in [-0.4, -0.2) is 8.42 Å². The van der Waals surface area contributed by atoms with Crippen molar-refractivity contribution in [3.8, 4) is 0 Å². The largest absolute Gasteiger partial charge is 0.253 e. The normalized spacial score (nSPS) is 14.5. The zero-order valence-corrected chi connectivity index (χ0v) is 13.9. The van der Waals surface area contributed by atoms with Gasteiger partial charge in [0.25, 0.3) is 10.0 Å². The van der Waals surface area contributed by atoms with Gasteiger partial charge in [-0.3, -0.25) is 0 Å². The van der Waals surface area contributed by atoms with E-state index in [0.29, 0.717) is 0 Å². The molecule has 0 fully saturated rings. The Kier molecular flexibility index (Phi) is 5.01. The molecular weight excluding hydrogens is 296 g/mol. The summed E-state index contributed by atoms with van der Waals surface area (Å²) in [4.78, 5) is 2.75. The van der Waals surface area contributed by atoms with Crippen LogP contribution in [0.25, 0.3) is 0 Å². The third-order valence-electron chi connectivity index (χ3n) is 3.91. The highest BCUT2D eigenvalue weighted by Gasteiger charge is 2.26. The van der Waals surface area contributed by atoms with Crippen LogP contribution in [0.15, 0.2) is 59.5 Å². The van der Waals surface area contributed by atoms with Crippen LogP contribution in [0.5, 0.6) is 0 Å². The summed E-state index contributed by atoms with van der Waals surface area (Å²) in [6.45, 7) is 5.91. The van der Waals surface area contributed by atoms with Crippen molar-refractivity contribution in [2.75, 3.05) is 0 Å². The SMILES string of the molecule is CC[C@@](C)(NNS(=O)(=O)c1ccc(C)cc1)c1ccccc1. The maximum absolute atomic E-state index is 12.4. The smallest absolute Gasteiger partial charge is 0.234 e. The van der Waals surface area contributed by atoms with Gasteiger partial charge in [0.2, 0.25) is 0 Å². The van der Waals surface area contributed by atoms with Gasteiger partial charge in [-0.1, -0.05) is 55.0 Å². The number of hydrogen-bond acceptors (Lipinski definition) is 3. The number of benzene rings is 2. The molecule has 2 N–H and O–H groups in total. The Hall–Kier alpha value is -1.69. The fraction of sp³-hybridized carbons (Fsp3) is 0.294. The van der Waals surface area contributed by atoms with E-state index in [1.807, 2.05) is 51.1 Å². The molecule has 2 aromatic carbocycles. The van der Waals surface area contributed by atoms with Gasteiger partial charge in [-0.25, -0.2) is 13.8 Å². The van der Waals surface area contributed by atoms with Crippen molar-refractivity contribution in [2.24, 2.45) is 0 Å². The van der Waals surface area contributed by atoms with Crippen LogP contribution in [0.3, 0.4) is 0 Å². The lowest BCUT2D eigenvalue weighted by molar-refractivity contribution is 0.335. The van der Waals surface area contributed by atoms with E-state index < -0.39 is 15.6 Å². The van der Waals surface area contributed by atoms with Crippen molar-refractivity contribution < 1.29 is 8.42 Å². The molecule has 0 saturated heterocycles. The topological polar surface area (TPSA) is 58.2 Å². The quantitative estimate of drug-likeness (QED) is 0.805. The third-order valence-corrected chi connectivity index (χ3v) is 5.17. The zero-order chi connectivity index (χ0) is 16.2. The average molecular weight is 318 g/mol. The molecule has 0 unspecified atom stereocenters. The second-order valence-electron chi connectivity index (χ2n) is 5.60. The van der Waals surface area contributed by atoms with Gasteiger partial charge in [-0.15, -0.1) is 4.83 Å². The number of hydrogen-bond donors (Lipinski definition) is 2. The zero-order valence-electron chi connectivity index (χ0n) is 13.1. The Morgan fingerprint density at radius 2 is 1.59 bits per heavy atom. The summed E-state index contributed by atoms with van der Waals surface area (Å²) in [7, 11) is -3.59. The lowest BCUT2D eigenvalue weighted by atomic mass is 9.90. The van der Waals surface area contributed by atoms with E-state index in [0.717, 1.165) is 17.5 Å². The minimum Gasteiger partial charge on any atom is -0.234 e. The first-order chi connectivity index (χ1) is 10.4. The number of hydrazine groups is 1. The molecule has 5 heteroatoms. The molecule has 0 saturated carbocycles. The highest BCUT2D eigenvalue weighted by atomic mass is 32.2. The Morgan fingerprint density at radius 3 is 2.14 bits per heavy atom. The number of sulfonamides is 1. The fourth-order valence-corrected chi connectivity index (χ4v) is 3.10. The standard InChI is InChI=1S/C17H22N2O2S/c1-4-17(3,15-8-6-5-7-9-15)18-19-22(20,21)16-12-10-14(2)11-13-16/h5-13,18-19H,4H2,1-3H3/t17-/m1/s1. The summed E-state index contributed by atoms with van der Waals surface area (Å²) in [5.41, 5.74) is 4.56. The summed E-state index contributed by atoms with van der Waals surface area (Å²) in [5.74, 6) is 0. The average Bonchev–Trinajstić information content (AvgIpc) is 2.54. The Labute approximate surface area is 132 Å². The minimum absolute atomic E-state index is 0.247. The molecule has 2 rings (SSSR count).